The van der Waals surface area contributed by atoms with Gasteiger partial charge in [0.15, 0.2) is 5.69 Å². The van der Waals surface area contributed by atoms with E-state index < -0.39 is 23.5 Å². The third-order valence-electron chi connectivity index (χ3n) is 5.89. The molecule has 182 valence electrons. The summed E-state index contributed by atoms with van der Waals surface area (Å²) in [6, 6.07) is 0.364. The fourth-order valence-electron chi connectivity index (χ4n) is 3.96. The summed E-state index contributed by atoms with van der Waals surface area (Å²) in [5, 5.41) is 15.5. The third kappa shape index (κ3) is 6.23. The second-order valence-electron chi connectivity index (χ2n) is 9.66. The summed E-state index contributed by atoms with van der Waals surface area (Å²) in [5.41, 5.74) is -0.152. The highest BCUT2D eigenvalue weighted by atomic mass is 16.6. The fourth-order valence-corrected chi connectivity index (χ4v) is 3.96. The fraction of sp³-hybridized carbons (Fsp3) is 0.682. The molecule has 0 aliphatic carbocycles. The Hall–Kier alpha value is -3.11. The molecule has 2 aliphatic rings. The number of aliphatic carboxylic acids is 1. The number of carbonyl (C=O) groups is 4. The van der Waals surface area contributed by atoms with E-state index in [1.165, 1.54) is 17.7 Å². The number of fused-ring (bicyclic) bond motifs is 1. The Morgan fingerprint density at radius 1 is 1.21 bits per heavy atom. The standard InChI is InChI=1S/C22H33N5O6/c1-14(20(30)31)23-18(28)16-13-17-19(29)25(11-12-27(17)24-16)8-5-15-6-9-26(10-7-15)21(32)33-22(2,3)4/h13-15H,5-12H2,1-4H3,(H,23,28)(H,30,31). The van der Waals surface area contributed by atoms with E-state index in [-0.39, 0.29) is 17.7 Å². The molecule has 0 saturated carbocycles. The Balaban J connectivity index is 1.49. The van der Waals surface area contributed by atoms with Crippen molar-refractivity contribution in [1.82, 2.24) is 24.9 Å². The minimum absolute atomic E-state index is 0.0304. The minimum Gasteiger partial charge on any atom is -0.480 e. The van der Waals surface area contributed by atoms with E-state index in [0.717, 1.165) is 19.3 Å². The summed E-state index contributed by atoms with van der Waals surface area (Å²) in [4.78, 5) is 51.8. The van der Waals surface area contributed by atoms with Crippen LogP contribution in [0, 0.1) is 5.92 Å². The van der Waals surface area contributed by atoms with E-state index in [1.807, 2.05) is 20.8 Å². The minimum atomic E-state index is -1.15. The summed E-state index contributed by atoms with van der Waals surface area (Å²) >= 11 is 0. The van der Waals surface area contributed by atoms with Crippen LogP contribution in [0.15, 0.2) is 6.07 Å². The van der Waals surface area contributed by atoms with E-state index in [9.17, 15) is 19.2 Å². The van der Waals surface area contributed by atoms with Gasteiger partial charge >= 0.3 is 12.1 Å². The molecule has 0 radical (unpaired) electrons. The lowest BCUT2D eigenvalue weighted by atomic mass is 9.93. The zero-order valence-corrected chi connectivity index (χ0v) is 19.7. The normalized spacial score (nSPS) is 18.0. The molecule has 2 aliphatic heterocycles. The molecule has 1 unspecified atom stereocenters. The first-order chi connectivity index (χ1) is 15.4. The summed E-state index contributed by atoms with van der Waals surface area (Å²) in [6.45, 7) is 9.78. The lowest BCUT2D eigenvalue weighted by Gasteiger charge is -2.34. The molecule has 0 bridgehead atoms. The highest BCUT2D eigenvalue weighted by Crippen LogP contribution is 2.24. The van der Waals surface area contributed by atoms with Crippen molar-refractivity contribution in [2.75, 3.05) is 26.2 Å². The number of carboxylic acids is 1. The lowest BCUT2D eigenvalue weighted by molar-refractivity contribution is -0.138. The maximum atomic E-state index is 12.9. The van der Waals surface area contributed by atoms with Crippen molar-refractivity contribution < 1.29 is 29.0 Å². The SMILES string of the molecule is CC(NC(=O)c1cc2n(n1)CCN(CCC1CCN(C(=O)OC(C)(C)C)CC1)C2=O)C(=O)O. The molecule has 1 saturated heterocycles. The predicted octanol–water partition coefficient (Wildman–Crippen LogP) is 1.58. The smallest absolute Gasteiger partial charge is 0.410 e. The van der Waals surface area contributed by atoms with E-state index in [1.54, 1.807) is 9.80 Å². The van der Waals surface area contributed by atoms with Gasteiger partial charge in [0, 0.05) is 32.2 Å². The van der Waals surface area contributed by atoms with Crippen molar-refractivity contribution in [2.24, 2.45) is 5.92 Å². The molecule has 1 aromatic rings. The number of rotatable bonds is 6. The highest BCUT2D eigenvalue weighted by Gasteiger charge is 2.30. The lowest BCUT2D eigenvalue weighted by Crippen LogP contribution is -2.43. The number of carboxylic acid groups (broad SMARTS) is 1. The van der Waals surface area contributed by atoms with Gasteiger partial charge in [0.1, 0.15) is 17.3 Å². The molecule has 3 rings (SSSR count). The van der Waals surface area contributed by atoms with Crippen LogP contribution in [0.25, 0.3) is 0 Å². The van der Waals surface area contributed by atoms with E-state index in [4.69, 9.17) is 9.84 Å². The largest absolute Gasteiger partial charge is 0.480 e. The topological polar surface area (TPSA) is 134 Å². The number of hydrogen-bond acceptors (Lipinski definition) is 6. The van der Waals surface area contributed by atoms with Gasteiger partial charge in [0.05, 0.1) is 6.54 Å². The van der Waals surface area contributed by atoms with Gasteiger partial charge in [-0.05, 0) is 52.9 Å². The number of aromatic nitrogens is 2. The summed E-state index contributed by atoms with van der Waals surface area (Å²) < 4.78 is 6.93. The summed E-state index contributed by atoms with van der Waals surface area (Å²) in [7, 11) is 0. The van der Waals surface area contributed by atoms with Crippen LogP contribution >= 0.6 is 0 Å². The van der Waals surface area contributed by atoms with Gasteiger partial charge < -0.3 is 25.0 Å². The summed E-state index contributed by atoms with van der Waals surface area (Å²) in [5.74, 6) is -1.54. The van der Waals surface area contributed by atoms with E-state index >= 15 is 0 Å². The molecule has 3 heterocycles. The molecule has 2 N–H and O–H groups in total. The van der Waals surface area contributed by atoms with Crippen molar-refractivity contribution in [1.29, 1.82) is 0 Å². The van der Waals surface area contributed by atoms with Gasteiger partial charge in [-0.15, -0.1) is 0 Å². The Kier molecular flexibility index (Phi) is 7.28. The molecule has 11 heteroatoms. The number of nitrogens with zero attached hydrogens (tertiary/aromatic N) is 4. The van der Waals surface area contributed by atoms with Gasteiger partial charge in [-0.1, -0.05) is 0 Å². The number of carbonyl (C=O) groups excluding carboxylic acids is 3. The number of ether oxygens (including phenoxy) is 1. The van der Waals surface area contributed by atoms with Crippen LogP contribution in [0.5, 0.6) is 0 Å². The molecule has 11 nitrogen and oxygen atoms in total. The van der Waals surface area contributed by atoms with Gasteiger partial charge in [0.25, 0.3) is 11.8 Å². The number of likely N-dealkylation sites (tertiary alicyclic amines) is 1. The van der Waals surface area contributed by atoms with Crippen LogP contribution < -0.4 is 5.32 Å². The molecule has 0 aromatic carbocycles. The Labute approximate surface area is 193 Å². The zero-order chi connectivity index (χ0) is 24.3. The Bertz CT molecular complexity index is 913. The molecule has 33 heavy (non-hydrogen) atoms. The van der Waals surface area contributed by atoms with Gasteiger partial charge in [0.2, 0.25) is 0 Å². The molecule has 1 fully saturated rings. The molecule has 3 amide bonds. The maximum absolute atomic E-state index is 12.9. The first kappa shape index (κ1) is 24.5. The molecular weight excluding hydrogens is 430 g/mol. The molecule has 1 aromatic heterocycles. The van der Waals surface area contributed by atoms with Crippen LogP contribution in [0.3, 0.4) is 0 Å². The first-order valence-electron chi connectivity index (χ1n) is 11.3. The number of piperidine rings is 1. The second kappa shape index (κ2) is 9.80. The first-order valence-corrected chi connectivity index (χ1v) is 11.3. The monoisotopic (exact) mass is 463 g/mol. The van der Waals surface area contributed by atoms with Crippen molar-refractivity contribution in [2.45, 2.75) is 65.1 Å². The molecular formula is C22H33N5O6. The van der Waals surface area contributed by atoms with Crippen LogP contribution in [0.4, 0.5) is 4.79 Å². The second-order valence-corrected chi connectivity index (χ2v) is 9.66. The van der Waals surface area contributed by atoms with E-state index in [2.05, 4.69) is 10.4 Å². The molecule has 1 atom stereocenters. The van der Waals surface area contributed by atoms with Gasteiger partial charge in [-0.3, -0.25) is 19.1 Å². The third-order valence-corrected chi connectivity index (χ3v) is 5.89. The summed E-state index contributed by atoms with van der Waals surface area (Å²) in [6.07, 6.45) is 2.29. The average molecular weight is 464 g/mol. The predicted molar refractivity (Wildman–Crippen MR) is 118 cm³/mol. The van der Waals surface area contributed by atoms with Crippen molar-refractivity contribution >= 4 is 23.9 Å². The van der Waals surface area contributed by atoms with Crippen LogP contribution in [-0.2, 0) is 16.1 Å². The van der Waals surface area contributed by atoms with E-state index in [0.29, 0.717) is 44.3 Å². The Morgan fingerprint density at radius 3 is 2.48 bits per heavy atom. The number of hydrogen-bond donors (Lipinski definition) is 2. The average Bonchev–Trinajstić information content (AvgIpc) is 3.18. The van der Waals surface area contributed by atoms with Crippen molar-refractivity contribution in [3.8, 4) is 0 Å². The zero-order valence-electron chi connectivity index (χ0n) is 19.7. The quantitative estimate of drug-likeness (QED) is 0.654. The highest BCUT2D eigenvalue weighted by molar-refractivity contribution is 5.99. The Morgan fingerprint density at radius 2 is 1.88 bits per heavy atom. The van der Waals surface area contributed by atoms with Crippen LogP contribution in [0.2, 0.25) is 0 Å². The van der Waals surface area contributed by atoms with Crippen molar-refractivity contribution in [3.05, 3.63) is 17.5 Å². The van der Waals surface area contributed by atoms with Gasteiger partial charge in [-0.2, -0.15) is 5.10 Å². The van der Waals surface area contributed by atoms with Crippen molar-refractivity contribution in [3.63, 3.8) is 0 Å². The van der Waals surface area contributed by atoms with Crippen LogP contribution in [-0.4, -0.2) is 86.4 Å². The maximum Gasteiger partial charge on any atom is 0.410 e. The number of nitrogens with one attached hydrogen (secondary N) is 1. The molecule has 0 spiro atoms. The number of amides is 3. The van der Waals surface area contributed by atoms with Crippen LogP contribution in [0.1, 0.15) is 67.9 Å². The van der Waals surface area contributed by atoms with Gasteiger partial charge in [-0.25, -0.2) is 4.79 Å².